The van der Waals surface area contributed by atoms with Crippen LogP contribution in [0.15, 0.2) is 48.7 Å². The Labute approximate surface area is 155 Å². The highest BCUT2D eigenvalue weighted by atomic mass is 16.2. The molecule has 138 valence electrons. The Kier molecular flexibility index (Phi) is 6.10. The molecule has 2 aromatic rings. The van der Waals surface area contributed by atoms with Crippen molar-refractivity contribution in [1.82, 2.24) is 15.6 Å². The summed E-state index contributed by atoms with van der Waals surface area (Å²) in [5, 5.41) is 6.07. The Hall–Kier alpha value is -2.56. The third kappa shape index (κ3) is 4.75. The SMILES string of the molecule is CC(C)C(NC(=O)NCc1ccnc(N2CCCC2)c1)c1ccccc1. The number of benzene rings is 1. The van der Waals surface area contributed by atoms with E-state index in [1.54, 1.807) is 0 Å². The standard InChI is InChI=1S/C21H28N4O/c1-16(2)20(18-8-4-3-5-9-18)24-21(26)23-15-17-10-11-22-19(14-17)25-12-6-7-13-25/h3-5,8-11,14,16,20H,6-7,12-13,15H2,1-2H3,(H2,23,24,26). The summed E-state index contributed by atoms with van der Waals surface area (Å²) < 4.78 is 0. The molecule has 3 rings (SSSR count). The van der Waals surface area contributed by atoms with Gasteiger partial charge in [0.05, 0.1) is 6.04 Å². The third-order valence-corrected chi connectivity index (χ3v) is 4.80. The second-order valence-electron chi connectivity index (χ2n) is 7.18. The molecule has 5 heteroatoms. The highest BCUT2D eigenvalue weighted by molar-refractivity contribution is 5.74. The number of amides is 2. The average molecular weight is 352 g/mol. The van der Waals surface area contributed by atoms with E-state index in [4.69, 9.17) is 0 Å². The van der Waals surface area contributed by atoms with Crippen LogP contribution in [0.1, 0.15) is 43.9 Å². The lowest BCUT2D eigenvalue weighted by molar-refractivity contribution is 0.232. The highest BCUT2D eigenvalue weighted by Gasteiger charge is 2.18. The van der Waals surface area contributed by atoms with Gasteiger partial charge in [-0.15, -0.1) is 0 Å². The van der Waals surface area contributed by atoms with Crippen LogP contribution in [0.4, 0.5) is 10.6 Å². The third-order valence-electron chi connectivity index (χ3n) is 4.80. The summed E-state index contributed by atoms with van der Waals surface area (Å²) in [7, 11) is 0. The molecule has 2 amide bonds. The molecule has 1 unspecified atom stereocenters. The summed E-state index contributed by atoms with van der Waals surface area (Å²) >= 11 is 0. The van der Waals surface area contributed by atoms with Crippen molar-refractivity contribution in [1.29, 1.82) is 0 Å². The second kappa shape index (κ2) is 8.70. The maximum absolute atomic E-state index is 12.4. The quantitative estimate of drug-likeness (QED) is 0.829. The van der Waals surface area contributed by atoms with Crippen molar-refractivity contribution < 1.29 is 4.79 Å². The molecule has 1 atom stereocenters. The van der Waals surface area contributed by atoms with Crippen molar-refractivity contribution in [2.45, 2.75) is 39.3 Å². The Morgan fingerprint density at radius 2 is 1.88 bits per heavy atom. The zero-order valence-corrected chi connectivity index (χ0v) is 15.6. The second-order valence-corrected chi connectivity index (χ2v) is 7.18. The largest absolute Gasteiger partial charge is 0.357 e. The molecule has 1 saturated heterocycles. The van der Waals surface area contributed by atoms with Crippen LogP contribution >= 0.6 is 0 Å². The van der Waals surface area contributed by atoms with Gasteiger partial charge in [-0.25, -0.2) is 9.78 Å². The van der Waals surface area contributed by atoms with Gasteiger partial charge in [0.2, 0.25) is 0 Å². The predicted octanol–water partition coefficient (Wildman–Crippen LogP) is 3.88. The molecule has 0 aliphatic carbocycles. The van der Waals surface area contributed by atoms with E-state index in [9.17, 15) is 4.79 Å². The summed E-state index contributed by atoms with van der Waals surface area (Å²) in [5.74, 6) is 1.32. The number of nitrogens with one attached hydrogen (secondary N) is 2. The van der Waals surface area contributed by atoms with Gasteiger partial charge in [-0.3, -0.25) is 0 Å². The van der Waals surface area contributed by atoms with Crippen LogP contribution in [0.2, 0.25) is 0 Å². The minimum atomic E-state index is -0.146. The molecule has 1 aromatic carbocycles. The lowest BCUT2D eigenvalue weighted by atomic mass is 9.96. The number of nitrogens with zero attached hydrogens (tertiary/aromatic N) is 2. The van der Waals surface area contributed by atoms with Crippen LogP contribution < -0.4 is 15.5 Å². The van der Waals surface area contributed by atoms with Crippen molar-refractivity contribution in [3.05, 3.63) is 59.8 Å². The van der Waals surface area contributed by atoms with E-state index >= 15 is 0 Å². The summed E-state index contributed by atoms with van der Waals surface area (Å²) in [6, 6.07) is 14.0. The van der Waals surface area contributed by atoms with Crippen LogP contribution in [0.5, 0.6) is 0 Å². The molecule has 26 heavy (non-hydrogen) atoms. The number of anilines is 1. The fourth-order valence-corrected chi connectivity index (χ4v) is 3.36. The van der Waals surface area contributed by atoms with Crippen molar-refractivity contribution in [3.63, 3.8) is 0 Å². The molecule has 1 aliphatic heterocycles. The van der Waals surface area contributed by atoms with E-state index in [1.165, 1.54) is 12.8 Å². The monoisotopic (exact) mass is 352 g/mol. The summed E-state index contributed by atoms with van der Waals surface area (Å²) in [6.45, 7) is 6.86. The molecule has 2 heterocycles. The molecule has 1 aliphatic rings. The fraction of sp³-hybridized carbons (Fsp3) is 0.429. The molecule has 1 fully saturated rings. The number of aromatic nitrogens is 1. The number of urea groups is 1. The first-order valence-electron chi connectivity index (χ1n) is 9.42. The van der Waals surface area contributed by atoms with Gasteiger partial charge in [-0.2, -0.15) is 0 Å². The van der Waals surface area contributed by atoms with E-state index < -0.39 is 0 Å². The van der Waals surface area contributed by atoms with E-state index in [1.807, 2.05) is 30.5 Å². The molecule has 0 spiro atoms. The van der Waals surface area contributed by atoms with Crippen LogP contribution in [0.25, 0.3) is 0 Å². The van der Waals surface area contributed by atoms with E-state index in [-0.39, 0.29) is 12.1 Å². The normalized spacial score (nSPS) is 15.1. The Bertz CT molecular complexity index is 711. The molecule has 0 saturated carbocycles. The van der Waals surface area contributed by atoms with Crippen molar-refractivity contribution in [3.8, 4) is 0 Å². The molecular formula is C21H28N4O. The summed E-state index contributed by atoms with van der Waals surface area (Å²) in [4.78, 5) is 19.2. The zero-order valence-electron chi connectivity index (χ0n) is 15.6. The number of carbonyl (C=O) groups is 1. The maximum Gasteiger partial charge on any atom is 0.315 e. The Morgan fingerprint density at radius 1 is 1.15 bits per heavy atom. The number of pyridine rings is 1. The summed E-state index contributed by atoms with van der Waals surface area (Å²) in [5.41, 5.74) is 2.19. The van der Waals surface area contributed by atoms with Gasteiger partial charge in [0.1, 0.15) is 5.82 Å². The number of rotatable bonds is 6. The lowest BCUT2D eigenvalue weighted by Gasteiger charge is -2.23. The average Bonchev–Trinajstić information content (AvgIpc) is 3.20. The van der Waals surface area contributed by atoms with Gasteiger partial charge in [-0.05, 0) is 42.0 Å². The topological polar surface area (TPSA) is 57.3 Å². The molecule has 0 radical (unpaired) electrons. The van der Waals surface area contributed by atoms with E-state index in [2.05, 4.69) is 52.6 Å². The first-order valence-corrected chi connectivity index (χ1v) is 9.42. The maximum atomic E-state index is 12.4. The fourth-order valence-electron chi connectivity index (χ4n) is 3.36. The minimum absolute atomic E-state index is 0.00574. The van der Waals surface area contributed by atoms with Crippen molar-refractivity contribution >= 4 is 11.8 Å². The predicted molar refractivity (Wildman–Crippen MR) is 105 cm³/mol. The van der Waals surface area contributed by atoms with Gasteiger partial charge in [0.15, 0.2) is 0 Å². The number of hydrogen-bond acceptors (Lipinski definition) is 3. The molecule has 5 nitrogen and oxygen atoms in total. The Balaban J connectivity index is 1.57. The van der Waals surface area contributed by atoms with Crippen LogP contribution in [-0.4, -0.2) is 24.1 Å². The molecule has 1 aromatic heterocycles. The smallest absolute Gasteiger partial charge is 0.315 e. The first-order chi connectivity index (χ1) is 12.6. The van der Waals surface area contributed by atoms with Gasteiger partial charge >= 0.3 is 6.03 Å². The van der Waals surface area contributed by atoms with Crippen LogP contribution in [0, 0.1) is 5.92 Å². The number of carbonyl (C=O) groups excluding carboxylic acids is 1. The van der Waals surface area contributed by atoms with Crippen molar-refractivity contribution in [2.24, 2.45) is 5.92 Å². The van der Waals surface area contributed by atoms with Gasteiger partial charge in [0, 0.05) is 25.8 Å². The number of hydrogen-bond donors (Lipinski definition) is 2. The zero-order chi connectivity index (χ0) is 18.4. The van der Waals surface area contributed by atoms with Gasteiger partial charge < -0.3 is 15.5 Å². The van der Waals surface area contributed by atoms with Crippen LogP contribution in [-0.2, 0) is 6.54 Å². The van der Waals surface area contributed by atoms with E-state index in [0.29, 0.717) is 12.5 Å². The van der Waals surface area contributed by atoms with E-state index in [0.717, 1.165) is 30.0 Å². The van der Waals surface area contributed by atoms with Gasteiger partial charge in [-0.1, -0.05) is 44.2 Å². The van der Waals surface area contributed by atoms with Crippen molar-refractivity contribution in [2.75, 3.05) is 18.0 Å². The molecule has 0 bridgehead atoms. The molecule has 2 N–H and O–H groups in total. The summed E-state index contributed by atoms with van der Waals surface area (Å²) in [6.07, 6.45) is 4.27. The Morgan fingerprint density at radius 3 is 2.58 bits per heavy atom. The van der Waals surface area contributed by atoms with Crippen LogP contribution in [0.3, 0.4) is 0 Å². The minimum Gasteiger partial charge on any atom is -0.357 e. The first kappa shape index (κ1) is 18.2. The molecular weight excluding hydrogens is 324 g/mol. The lowest BCUT2D eigenvalue weighted by Crippen LogP contribution is -2.39. The van der Waals surface area contributed by atoms with Gasteiger partial charge in [0.25, 0.3) is 0 Å². The highest BCUT2D eigenvalue weighted by Crippen LogP contribution is 2.21.